The second-order valence-electron chi connectivity index (χ2n) is 6.96. The minimum absolute atomic E-state index is 0.877. The summed E-state index contributed by atoms with van der Waals surface area (Å²) in [5.41, 5.74) is 5.14. The lowest BCUT2D eigenvalue weighted by atomic mass is 10.1. The highest BCUT2D eigenvalue weighted by Gasteiger charge is 2.31. The van der Waals surface area contributed by atoms with Gasteiger partial charge in [-0.25, -0.2) is 0 Å². The van der Waals surface area contributed by atoms with Gasteiger partial charge in [-0.15, -0.1) is 0 Å². The second-order valence-corrected chi connectivity index (χ2v) is 9.72. The highest BCUT2D eigenvalue weighted by Crippen LogP contribution is 2.45. The van der Waals surface area contributed by atoms with E-state index < -0.39 is 7.14 Å². The zero-order chi connectivity index (χ0) is 18.3. The van der Waals surface area contributed by atoms with E-state index in [0.29, 0.717) is 0 Å². The lowest BCUT2D eigenvalue weighted by Gasteiger charge is -2.21. The molecule has 130 valence electrons. The lowest BCUT2D eigenvalue weighted by molar-refractivity contribution is 0.592. The fourth-order valence-corrected chi connectivity index (χ4v) is 6.70. The van der Waals surface area contributed by atoms with Crippen LogP contribution in [0.5, 0.6) is 0 Å². The van der Waals surface area contributed by atoms with E-state index >= 15 is 0 Å². The summed E-state index contributed by atoms with van der Waals surface area (Å²) in [6.07, 6.45) is 0.951. The van der Waals surface area contributed by atoms with Crippen molar-refractivity contribution in [1.29, 1.82) is 0 Å². The van der Waals surface area contributed by atoms with Crippen LogP contribution in [-0.4, -0.2) is 0 Å². The summed E-state index contributed by atoms with van der Waals surface area (Å²) in [6, 6.07) is 34.6. The van der Waals surface area contributed by atoms with Crippen LogP contribution in [0.1, 0.15) is 11.1 Å². The summed E-state index contributed by atoms with van der Waals surface area (Å²) in [7, 11) is -2.92. The monoisotopic (exact) mass is 366 g/mol. The zero-order valence-electron chi connectivity index (χ0n) is 14.9. The molecule has 0 unspecified atom stereocenters. The molecule has 0 bridgehead atoms. The van der Waals surface area contributed by atoms with Gasteiger partial charge in [0.05, 0.1) is 0 Å². The normalized spacial score (nSPS) is 12.4. The predicted molar refractivity (Wildman–Crippen MR) is 114 cm³/mol. The zero-order valence-corrected chi connectivity index (χ0v) is 15.8. The molecule has 27 heavy (non-hydrogen) atoms. The van der Waals surface area contributed by atoms with E-state index in [1.54, 1.807) is 0 Å². The Morgan fingerprint density at radius 3 is 1.74 bits per heavy atom. The SMILES string of the molecule is O=P(c1ccccc1)(c1ccccc1)c1ccc2c(c1)-c1ccccc1C2. The number of hydrogen-bond donors (Lipinski definition) is 0. The Morgan fingerprint density at radius 2 is 1.07 bits per heavy atom. The molecule has 1 nitrogen and oxygen atoms in total. The Morgan fingerprint density at radius 1 is 0.519 bits per heavy atom. The van der Waals surface area contributed by atoms with E-state index in [0.717, 1.165) is 22.3 Å². The molecule has 0 radical (unpaired) electrons. The molecule has 0 saturated heterocycles. The molecule has 0 saturated carbocycles. The second kappa shape index (κ2) is 6.37. The smallest absolute Gasteiger partial charge is 0.171 e. The van der Waals surface area contributed by atoms with Crippen molar-refractivity contribution in [1.82, 2.24) is 0 Å². The van der Waals surface area contributed by atoms with E-state index in [1.165, 1.54) is 22.3 Å². The van der Waals surface area contributed by atoms with Crippen molar-refractivity contribution in [3.05, 3.63) is 114 Å². The standard InChI is InChI=1S/C25H19OP/c26-27(21-10-3-1-4-11-21,22-12-5-2-6-13-22)23-16-15-20-17-19-9-7-8-14-24(19)25(20)18-23/h1-16,18H,17H2. The summed E-state index contributed by atoms with van der Waals surface area (Å²) in [5.74, 6) is 0. The third-order valence-corrected chi connectivity index (χ3v) is 8.44. The Bertz CT molecular complexity index is 1120. The summed E-state index contributed by atoms with van der Waals surface area (Å²) >= 11 is 0. The van der Waals surface area contributed by atoms with Gasteiger partial charge in [0, 0.05) is 15.9 Å². The Hall–Kier alpha value is -2.89. The van der Waals surface area contributed by atoms with Crippen LogP contribution < -0.4 is 15.9 Å². The molecule has 4 aromatic rings. The maximum atomic E-state index is 14.5. The van der Waals surface area contributed by atoms with Crippen LogP contribution in [0.4, 0.5) is 0 Å². The largest absolute Gasteiger partial charge is 0.309 e. The van der Waals surface area contributed by atoms with Crippen molar-refractivity contribution < 1.29 is 4.57 Å². The fourth-order valence-electron chi connectivity index (χ4n) is 4.03. The van der Waals surface area contributed by atoms with Crippen LogP contribution in [0.25, 0.3) is 11.1 Å². The van der Waals surface area contributed by atoms with Crippen LogP contribution in [0.15, 0.2) is 103 Å². The number of benzene rings is 4. The summed E-state index contributed by atoms with van der Waals surface area (Å²) in [4.78, 5) is 0. The molecule has 0 N–H and O–H groups in total. The van der Waals surface area contributed by atoms with Gasteiger partial charge in [0.15, 0.2) is 7.14 Å². The predicted octanol–water partition coefficient (Wildman–Crippen LogP) is 4.90. The minimum atomic E-state index is -2.92. The first kappa shape index (κ1) is 16.3. The third kappa shape index (κ3) is 2.59. The molecular weight excluding hydrogens is 347 g/mol. The molecule has 0 atom stereocenters. The molecule has 0 heterocycles. The van der Waals surface area contributed by atoms with Gasteiger partial charge in [-0.05, 0) is 34.7 Å². The Labute approximate surface area is 159 Å². The summed E-state index contributed by atoms with van der Waals surface area (Å²) in [5, 5.41) is 2.65. The van der Waals surface area contributed by atoms with Crippen LogP contribution in [0.2, 0.25) is 0 Å². The van der Waals surface area contributed by atoms with Crippen LogP contribution in [-0.2, 0) is 11.0 Å². The van der Waals surface area contributed by atoms with Gasteiger partial charge >= 0.3 is 0 Å². The van der Waals surface area contributed by atoms with Crippen molar-refractivity contribution in [2.75, 3.05) is 0 Å². The van der Waals surface area contributed by atoms with Crippen LogP contribution >= 0.6 is 7.14 Å². The van der Waals surface area contributed by atoms with E-state index in [9.17, 15) is 4.57 Å². The third-order valence-electron chi connectivity index (χ3n) is 5.39. The average molecular weight is 366 g/mol. The van der Waals surface area contributed by atoms with Gasteiger partial charge < -0.3 is 4.57 Å². The quantitative estimate of drug-likeness (QED) is 0.415. The molecule has 0 aromatic heterocycles. The molecular formula is C25H19OP. The molecule has 1 aliphatic carbocycles. The maximum Gasteiger partial charge on any atom is 0.171 e. The first-order chi connectivity index (χ1) is 13.3. The number of hydrogen-bond acceptors (Lipinski definition) is 1. The molecule has 0 amide bonds. The van der Waals surface area contributed by atoms with E-state index in [4.69, 9.17) is 0 Å². The first-order valence-corrected chi connectivity index (χ1v) is 10.9. The molecule has 2 heteroatoms. The highest BCUT2D eigenvalue weighted by atomic mass is 31.2. The lowest BCUT2D eigenvalue weighted by Crippen LogP contribution is -2.25. The van der Waals surface area contributed by atoms with Gasteiger partial charge in [0.2, 0.25) is 0 Å². The highest BCUT2D eigenvalue weighted by molar-refractivity contribution is 7.85. The molecule has 0 fully saturated rings. The molecule has 0 aliphatic heterocycles. The van der Waals surface area contributed by atoms with E-state index in [-0.39, 0.29) is 0 Å². The average Bonchev–Trinajstić information content (AvgIpc) is 3.12. The fraction of sp³-hybridized carbons (Fsp3) is 0.0400. The Kier molecular flexibility index (Phi) is 3.85. The van der Waals surface area contributed by atoms with E-state index in [2.05, 4.69) is 42.5 Å². The summed E-state index contributed by atoms with van der Waals surface area (Å²) in [6.45, 7) is 0. The van der Waals surface area contributed by atoms with Crippen molar-refractivity contribution in [3.63, 3.8) is 0 Å². The van der Waals surface area contributed by atoms with Gasteiger partial charge in [0.25, 0.3) is 0 Å². The van der Waals surface area contributed by atoms with Crippen LogP contribution in [0, 0.1) is 0 Å². The molecule has 1 aliphatic rings. The van der Waals surface area contributed by atoms with Crippen molar-refractivity contribution in [2.24, 2.45) is 0 Å². The van der Waals surface area contributed by atoms with Gasteiger partial charge in [-0.2, -0.15) is 0 Å². The van der Waals surface area contributed by atoms with E-state index in [1.807, 2.05) is 60.7 Å². The van der Waals surface area contributed by atoms with Crippen molar-refractivity contribution in [2.45, 2.75) is 6.42 Å². The summed E-state index contributed by atoms with van der Waals surface area (Å²) < 4.78 is 14.5. The number of rotatable bonds is 3. The van der Waals surface area contributed by atoms with Crippen molar-refractivity contribution in [3.8, 4) is 11.1 Å². The number of fused-ring (bicyclic) bond motifs is 3. The Balaban J connectivity index is 1.75. The molecule has 0 spiro atoms. The van der Waals surface area contributed by atoms with Gasteiger partial charge in [-0.1, -0.05) is 97.1 Å². The maximum absolute atomic E-state index is 14.5. The topological polar surface area (TPSA) is 17.1 Å². The minimum Gasteiger partial charge on any atom is -0.309 e. The van der Waals surface area contributed by atoms with Gasteiger partial charge in [0.1, 0.15) is 0 Å². The molecule has 5 rings (SSSR count). The van der Waals surface area contributed by atoms with Crippen molar-refractivity contribution >= 4 is 23.1 Å². The van der Waals surface area contributed by atoms with Crippen LogP contribution in [0.3, 0.4) is 0 Å². The molecule has 4 aromatic carbocycles. The first-order valence-electron chi connectivity index (χ1n) is 9.20. The van der Waals surface area contributed by atoms with Gasteiger partial charge in [-0.3, -0.25) is 0 Å².